The van der Waals surface area contributed by atoms with E-state index in [1.165, 1.54) is 5.56 Å². The van der Waals surface area contributed by atoms with E-state index >= 15 is 0 Å². The van der Waals surface area contributed by atoms with Gasteiger partial charge in [-0.2, -0.15) is 0 Å². The zero-order valence-corrected chi connectivity index (χ0v) is 11.8. The predicted molar refractivity (Wildman–Crippen MR) is 80.7 cm³/mol. The molecular weight excluding hydrogens is 264 g/mol. The van der Waals surface area contributed by atoms with Gasteiger partial charge in [0.2, 0.25) is 0 Å². The van der Waals surface area contributed by atoms with Gasteiger partial charge in [-0.05, 0) is 29.7 Å². The Hall–Kier alpha value is -1.75. The van der Waals surface area contributed by atoms with Crippen LogP contribution in [0.15, 0.2) is 54.9 Å². The molecule has 0 aliphatic heterocycles. The molecule has 3 N–H and O–H groups in total. The van der Waals surface area contributed by atoms with Crippen molar-refractivity contribution in [3.63, 3.8) is 0 Å². The normalized spacial score (nSPS) is 28.7. The van der Waals surface area contributed by atoms with Crippen LogP contribution in [0.4, 0.5) is 0 Å². The minimum absolute atomic E-state index is 0.0988. The minimum atomic E-state index is -0.744. The fraction of sp³-hybridized carbons (Fsp3) is 0.353. The van der Waals surface area contributed by atoms with Crippen molar-refractivity contribution >= 4 is 0 Å². The van der Waals surface area contributed by atoms with Crippen molar-refractivity contribution in [1.29, 1.82) is 0 Å². The summed E-state index contributed by atoms with van der Waals surface area (Å²) in [6.45, 7) is 0.677. The maximum absolute atomic E-state index is 10.2. The van der Waals surface area contributed by atoms with Gasteiger partial charge in [-0.15, -0.1) is 0 Å². The number of nitrogens with one attached hydrogen (secondary N) is 1. The molecule has 0 saturated heterocycles. The highest BCUT2D eigenvalue weighted by Gasteiger charge is 2.41. The topological polar surface area (TPSA) is 65.4 Å². The number of pyridine rings is 1. The van der Waals surface area contributed by atoms with Crippen molar-refractivity contribution in [2.75, 3.05) is 0 Å². The summed E-state index contributed by atoms with van der Waals surface area (Å²) >= 11 is 0. The Labute approximate surface area is 124 Å². The smallest absolute Gasteiger partial charge is 0.0957 e. The zero-order chi connectivity index (χ0) is 14.7. The summed E-state index contributed by atoms with van der Waals surface area (Å²) < 4.78 is 0. The summed E-state index contributed by atoms with van der Waals surface area (Å²) in [7, 11) is 0. The first-order valence-corrected chi connectivity index (χ1v) is 7.29. The molecule has 4 unspecified atom stereocenters. The maximum Gasteiger partial charge on any atom is 0.0957 e. The highest BCUT2D eigenvalue weighted by Crippen LogP contribution is 2.35. The molecule has 0 spiro atoms. The molecule has 4 nitrogen and oxygen atoms in total. The van der Waals surface area contributed by atoms with E-state index in [2.05, 4.69) is 10.3 Å². The van der Waals surface area contributed by atoms with Crippen molar-refractivity contribution in [1.82, 2.24) is 10.3 Å². The highest BCUT2D eigenvalue weighted by molar-refractivity contribution is 5.23. The van der Waals surface area contributed by atoms with Crippen LogP contribution in [-0.2, 0) is 6.54 Å². The molecule has 0 bridgehead atoms. The van der Waals surface area contributed by atoms with Gasteiger partial charge in [0, 0.05) is 30.9 Å². The van der Waals surface area contributed by atoms with E-state index in [-0.39, 0.29) is 12.0 Å². The minimum Gasteiger partial charge on any atom is -0.390 e. The highest BCUT2D eigenvalue weighted by atomic mass is 16.3. The van der Waals surface area contributed by atoms with Crippen molar-refractivity contribution in [3.05, 3.63) is 66.0 Å². The molecule has 1 fully saturated rings. The van der Waals surface area contributed by atoms with Crippen molar-refractivity contribution in [3.8, 4) is 0 Å². The Balaban J connectivity index is 1.74. The van der Waals surface area contributed by atoms with Crippen LogP contribution in [0.5, 0.6) is 0 Å². The number of nitrogens with zero attached hydrogens (tertiary/aromatic N) is 1. The number of aliphatic hydroxyl groups excluding tert-OH is 2. The predicted octanol–water partition coefficient (Wildman–Crippen LogP) is 1.45. The van der Waals surface area contributed by atoms with E-state index in [1.54, 1.807) is 12.4 Å². The molecule has 1 aromatic carbocycles. The van der Waals surface area contributed by atoms with Gasteiger partial charge in [-0.25, -0.2) is 0 Å². The molecule has 2 aromatic rings. The lowest BCUT2D eigenvalue weighted by Gasteiger charge is -2.24. The van der Waals surface area contributed by atoms with Crippen LogP contribution in [0.3, 0.4) is 0 Å². The Morgan fingerprint density at radius 2 is 1.76 bits per heavy atom. The van der Waals surface area contributed by atoms with Gasteiger partial charge in [0.15, 0.2) is 0 Å². The van der Waals surface area contributed by atoms with Crippen LogP contribution in [0.2, 0.25) is 0 Å². The molecule has 4 atom stereocenters. The second-order valence-electron chi connectivity index (χ2n) is 5.57. The third kappa shape index (κ3) is 3.13. The van der Waals surface area contributed by atoms with Gasteiger partial charge in [-0.1, -0.05) is 30.3 Å². The van der Waals surface area contributed by atoms with Crippen molar-refractivity contribution in [2.45, 2.75) is 37.1 Å². The average molecular weight is 284 g/mol. The van der Waals surface area contributed by atoms with Crippen molar-refractivity contribution in [2.24, 2.45) is 0 Å². The fourth-order valence-corrected chi connectivity index (χ4v) is 3.07. The Morgan fingerprint density at radius 3 is 2.48 bits per heavy atom. The molecular formula is C17H20N2O2. The van der Waals surface area contributed by atoms with Crippen LogP contribution >= 0.6 is 0 Å². The quantitative estimate of drug-likeness (QED) is 0.795. The number of rotatable bonds is 4. The first kappa shape index (κ1) is 14.2. The van der Waals surface area contributed by atoms with Gasteiger partial charge in [0.25, 0.3) is 0 Å². The SMILES string of the molecule is OC1CC(c2ccncc2)C(NCc2ccccc2)C1O. The first-order chi connectivity index (χ1) is 10.3. The number of hydrogen-bond donors (Lipinski definition) is 3. The summed E-state index contributed by atoms with van der Waals surface area (Å²) in [6.07, 6.45) is 2.64. The van der Waals surface area contributed by atoms with E-state index in [1.807, 2.05) is 42.5 Å². The van der Waals surface area contributed by atoms with E-state index in [0.717, 1.165) is 5.56 Å². The largest absolute Gasteiger partial charge is 0.390 e. The van der Waals surface area contributed by atoms with Crippen LogP contribution in [0.25, 0.3) is 0 Å². The molecule has 4 heteroatoms. The third-order valence-electron chi connectivity index (χ3n) is 4.21. The molecule has 3 rings (SSSR count). The zero-order valence-electron chi connectivity index (χ0n) is 11.8. The van der Waals surface area contributed by atoms with Gasteiger partial charge < -0.3 is 15.5 Å². The monoisotopic (exact) mass is 284 g/mol. The lowest BCUT2D eigenvalue weighted by molar-refractivity contribution is 0.0297. The van der Waals surface area contributed by atoms with Gasteiger partial charge >= 0.3 is 0 Å². The summed E-state index contributed by atoms with van der Waals surface area (Å²) in [5.41, 5.74) is 2.27. The lowest BCUT2D eigenvalue weighted by Crippen LogP contribution is -2.41. The van der Waals surface area contributed by atoms with Gasteiger partial charge in [-0.3, -0.25) is 4.98 Å². The van der Waals surface area contributed by atoms with Gasteiger partial charge in [0.05, 0.1) is 12.2 Å². The molecule has 1 aromatic heterocycles. The lowest BCUT2D eigenvalue weighted by atomic mass is 9.94. The molecule has 21 heavy (non-hydrogen) atoms. The molecule has 0 amide bonds. The maximum atomic E-state index is 10.2. The molecule has 0 radical (unpaired) electrons. The standard InChI is InChI=1S/C17H20N2O2/c20-15-10-14(13-6-8-18-9-7-13)16(17(15)21)19-11-12-4-2-1-3-5-12/h1-9,14-17,19-21H,10-11H2. The van der Waals surface area contributed by atoms with Crippen LogP contribution in [-0.4, -0.2) is 33.4 Å². The van der Waals surface area contributed by atoms with Crippen LogP contribution < -0.4 is 5.32 Å². The van der Waals surface area contributed by atoms with E-state index in [4.69, 9.17) is 0 Å². The van der Waals surface area contributed by atoms with Crippen molar-refractivity contribution < 1.29 is 10.2 Å². The number of benzene rings is 1. The molecule has 1 aliphatic rings. The average Bonchev–Trinajstić information content (AvgIpc) is 2.82. The fourth-order valence-electron chi connectivity index (χ4n) is 3.07. The summed E-state index contributed by atoms with van der Waals surface area (Å²) in [5, 5.41) is 23.6. The summed E-state index contributed by atoms with van der Waals surface area (Å²) in [5.74, 6) is 0.0988. The van der Waals surface area contributed by atoms with Crippen LogP contribution in [0, 0.1) is 0 Å². The summed E-state index contributed by atoms with van der Waals surface area (Å²) in [6, 6.07) is 13.8. The Morgan fingerprint density at radius 1 is 1.05 bits per heavy atom. The number of hydrogen-bond acceptors (Lipinski definition) is 4. The molecule has 1 aliphatic carbocycles. The Bertz CT molecular complexity index is 562. The molecule has 1 saturated carbocycles. The number of aliphatic hydroxyl groups is 2. The van der Waals surface area contributed by atoms with E-state index < -0.39 is 12.2 Å². The second-order valence-corrected chi connectivity index (χ2v) is 5.57. The van der Waals surface area contributed by atoms with E-state index in [9.17, 15) is 10.2 Å². The summed E-state index contributed by atoms with van der Waals surface area (Å²) in [4.78, 5) is 4.03. The molecule has 1 heterocycles. The Kier molecular flexibility index (Phi) is 4.29. The van der Waals surface area contributed by atoms with E-state index in [0.29, 0.717) is 13.0 Å². The molecule has 110 valence electrons. The number of aromatic nitrogens is 1. The second kappa shape index (κ2) is 6.35. The van der Waals surface area contributed by atoms with Gasteiger partial charge in [0.1, 0.15) is 0 Å². The van der Waals surface area contributed by atoms with Crippen LogP contribution in [0.1, 0.15) is 23.5 Å². The first-order valence-electron chi connectivity index (χ1n) is 7.29. The third-order valence-corrected chi connectivity index (χ3v) is 4.21.